The van der Waals surface area contributed by atoms with Crippen molar-refractivity contribution >= 4 is 0 Å². The van der Waals surface area contributed by atoms with Gasteiger partial charge in [-0.2, -0.15) is 0 Å². The molecule has 2 aliphatic rings. The Bertz CT molecular complexity index is 195. The van der Waals surface area contributed by atoms with Crippen LogP contribution in [0.1, 0.15) is 51.4 Å². The second kappa shape index (κ2) is 3.21. The Labute approximate surface area is 74.5 Å². The Morgan fingerprint density at radius 1 is 1.08 bits per heavy atom. The number of rotatable bonds is 0. The van der Waals surface area contributed by atoms with Gasteiger partial charge in [0.05, 0.1) is 5.60 Å². The Hall–Kier alpha value is -0.300. The standard InChI is InChI=1S/C11H18O/c12-11-8-4-1-2-6-10(11)7-3-5-9-11/h7,12H,1-6,8-9H2. The van der Waals surface area contributed by atoms with Crippen molar-refractivity contribution in [2.45, 2.75) is 57.0 Å². The summed E-state index contributed by atoms with van der Waals surface area (Å²) in [7, 11) is 0. The first-order valence-electron chi connectivity index (χ1n) is 5.23. The third-order valence-corrected chi connectivity index (χ3v) is 3.32. The van der Waals surface area contributed by atoms with E-state index < -0.39 is 0 Å². The summed E-state index contributed by atoms with van der Waals surface area (Å²) in [6.07, 6.45) is 11.6. The van der Waals surface area contributed by atoms with Crippen molar-refractivity contribution in [1.82, 2.24) is 0 Å². The van der Waals surface area contributed by atoms with Crippen molar-refractivity contribution in [2.24, 2.45) is 0 Å². The van der Waals surface area contributed by atoms with Crippen molar-refractivity contribution in [3.8, 4) is 0 Å². The highest BCUT2D eigenvalue weighted by Gasteiger charge is 2.33. The predicted octanol–water partition coefficient (Wildman–Crippen LogP) is 2.79. The third kappa shape index (κ3) is 1.42. The van der Waals surface area contributed by atoms with Crippen molar-refractivity contribution in [2.75, 3.05) is 0 Å². The molecule has 0 bridgehead atoms. The molecule has 2 rings (SSSR count). The van der Waals surface area contributed by atoms with Crippen LogP contribution in [0.25, 0.3) is 0 Å². The van der Waals surface area contributed by atoms with Crippen LogP contribution in [0.2, 0.25) is 0 Å². The fourth-order valence-electron chi connectivity index (χ4n) is 2.55. The van der Waals surface area contributed by atoms with Crippen LogP contribution in [0.4, 0.5) is 0 Å². The molecule has 0 aromatic carbocycles. The minimum Gasteiger partial charge on any atom is -0.386 e. The van der Waals surface area contributed by atoms with Gasteiger partial charge in [0.25, 0.3) is 0 Å². The van der Waals surface area contributed by atoms with Gasteiger partial charge in [-0.3, -0.25) is 0 Å². The number of hydrogen-bond acceptors (Lipinski definition) is 1. The van der Waals surface area contributed by atoms with Crippen molar-refractivity contribution < 1.29 is 5.11 Å². The maximum absolute atomic E-state index is 10.3. The molecule has 0 aromatic heterocycles. The molecular formula is C11H18O. The van der Waals surface area contributed by atoms with E-state index in [1.165, 1.54) is 37.7 Å². The lowest BCUT2D eigenvalue weighted by atomic mass is 9.80. The quantitative estimate of drug-likeness (QED) is 0.549. The van der Waals surface area contributed by atoms with E-state index in [-0.39, 0.29) is 5.60 Å². The zero-order chi connectivity index (χ0) is 8.44. The van der Waals surface area contributed by atoms with Crippen LogP contribution in [-0.4, -0.2) is 10.7 Å². The lowest BCUT2D eigenvalue weighted by Gasteiger charge is -2.32. The molecule has 12 heavy (non-hydrogen) atoms. The molecule has 1 nitrogen and oxygen atoms in total. The van der Waals surface area contributed by atoms with E-state index in [9.17, 15) is 5.11 Å². The maximum atomic E-state index is 10.3. The molecule has 0 amide bonds. The van der Waals surface area contributed by atoms with Gasteiger partial charge in [-0.25, -0.2) is 0 Å². The normalized spacial score (nSPS) is 36.6. The van der Waals surface area contributed by atoms with E-state index in [4.69, 9.17) is 0 Å². The summed E-state index contributed by atoms with van der Waals surface area (Å²) >= 11 is 0. The van der Waals surface area contributed by atoms with E-state index in [1.807, 2.05) is 0 Å². The highest BCUT2D eigenvalue weighted by atomic mass is 16.3. The minimum absolute atomic E-state index is 0.380. The summed E-state index contributed by atoms with van der Waals surface area (Å²) in [5.74, 6) is 0. The first-order chi connectivity index (χ1) is 5.81. The third-order valence-electron chi connectivity index (χ3n) is 3.32. The van der Waals surface area contributed by atoms with E-state index in [0.717, 1.165) is 19.3 Å². The zero-order valence-corrected chi connectivity index (χ0v) is 7.68. The molecule has 68 valence electrons. The summed E-state index contributed by atoms with van der Waals surface area (Å²) < 4.78 is 0. The maximum Gasteiger partial charge on any atom is 0.0856 e. The fraction of sp³-hybridized carbons (Fsp3) is 0.818. The van der Waals surface area contributed by atoms with Gasteiger partial charge in [0.15, 0.2) is 0 Å². The summed E-state index contributed by atoms with van der Waals surface area (Å²) in [5.41, 5.74) is 0.973. The van der Waals surface area contributed by atoms with Gasteiger partial charge in [0.2, 0.25) is 0 Å². The van der Waals surface area contributed by atoms with Crippen molar-refractivity contribution in [3.63, 3.8) is 0 Å². The van der Waals surface area contributed by atoms with Crippen LogP contribution in [0.15, 0.2) is 11.6 Å². The molecule has 1 atom stereocenters. The summed E-state index contributed by atoms with van der Waals surface area (Å²) in [6, 6.07) is 0. The Morgan fingerprint density at radius 3 is 2.83 bits per heavy atom. The molecule has 1 N–H and O–H groups in total. The second-order valence-electron chi connectivity index (χ2n) is 4.21. The predicted molar refractivity (Wildman–Crippen MR) is 50.0 cm³/mol. The topological polar surface area (TPSA) is 20.2 Å². The molecule has 0 aliphatic heterocycles. The zero-order valence-electron chi connectivity index (χ0n) is 7.68. The van der Waals surface area contributed by atoms with E-state index in [1.54, 1.807) is 0 Å². The van der Waals surface area contributed by atoms with Crippen LogP contribution in [0, 0.1) is 0 Å². The minimum atomic E-state index is -0.380. The van der Waals surface area contributed by atoms with Crippen molar-refractivity contribution in [1.29, 1.82) is 0 Å². The van der Waals surface area contributed by atoms with E-state index in [2.05, 4.69) is 6.08 Å². The number of allylic oxidation sites excluding steroid dienone is 1. The highest BCUT2D eigenvalue weighted by Crippen LogP contribution is 2.38. The first kappa shape index (κ1) is 8.31. The molecule has 1 heteroatoms. The first-order valence-corrected chi connectivity index (χ1v) is 5.23. The lowest BCUT2D eigenvalue weighted by molar-refractivity contribution is 0.0517. The Balaban J connectivity index is 2.20. The molecule has 0 saturated heterocycles. The van der Waals surface area contributed by atoms with Gasteiger partial charge >= 0.3 is 0 Å². The fourth-order valence-corrected chi connectivity index (χ4v) is 2.55. The van der Waals surface area contributed by atoms with Crippen LogP contribution < -0.4 is 0 Å². The van der Waals surface area contributed by atoms with E-state index >= 15 is 0 Å². The monoisotopic (exact) mass is 166 g/mol. The van der Waals surface area contributed by atoms with Gasteiger partial charge in [0, 0.05) is 0 Å². The van der Waals surface area contributed by atoms with Crippen molar-refractivity contribution in [3.05, 3.63) is 11.6 Å². The molecule has 2 aliphatic carbocycles. The highest BCUT2D eigenvalue weighted by molar-refractivity contribution is 5.20. The molecule has 0 aromatic rings. The van der Waals surface area contributed by atoms with E-state index in [0.29, 0.717) is 0 Å². The number of hydrogen-bond donors (Lipinski definition) is 1. The molecule has 1 saturated carbocycles. The Kier molecular flexibility index (Phi) is 2.22. The number of aliphatic hydroxyl groups is 1. The molecule has 1 unspecified atom stereocenters. The molecule has 1 fully saturated rings. The molecule has 0 spiro atoms. The lowest BCUT2D eigenvalue weighted by Crippen LogP contribution is -2.32. The molecule has 0 heterocycles. The number of fused-ring (bicyclic) bond motifs is 1. The average Bonchev–Trinajstić information content (AvgIpc) is 2.25. The largest absolute Gasteiger partial charge is 0.386 e. The van der Waals surface area contributed by atoms with Gasteiger partial charge in [0.1, 0.15) is 0 Å². The van der Waals surface area contributed by atoms with Gasteiger partial charge in [-0.1, -0.05) is 18.9 Å². The smallest absolute Gasteiger partial charge is 0.0856 e. The SMILES string of the molecule is OC12CCCC=C1CCCCC2. The van der Waals surface area contributed by atoms with Gasteiger partial charge < -0.3 is 5.11 Å². The van der Waals surface area contributed by atoms with Crippen LogP contribution in [0.5, 0.6) is 0 Å². The van der Waals surface area contributed by atoms with Crippen LogP contribution in [0.3, 0.4) is 0 Å². The van der Waals surface area contributed by atoms with Gasteiger partial charge in [-0.15, -0.1) is 0 Å². The average molecular weight is 166 g/mol. The Morgan fingerprint density at radius 2 is 1.92 bits per heavy atom. The molecule has 0 radical (unpaired) electrons. The summed E-state index contributed by atoms with van der Waals surface area (Å²) in [6.45, 7) is 0. The van der Waals surface area contributed by atoms with Gasteiger partial charge in [-0.05, 0) is 44.1 Å². The van der Waals surface area contributed by atoms with Crippen LogP contribution in [-0.2, 0) is 0 Å². The summed E-state index contributed by atoms with van der Waals surface area (Å²) in [5, 5.41) is 10.3. The molecular weight excluding hydrogens is 148 g/mol. The van der Waals surface area contributed by atoms with Crippen LogP contribution >= 0.6 is 0 Å². The summed E-state index contributed by atoms with van der Waals surface area (Å²) in [4.78, 5) is 0. The second-order valence-corrected chi connectivity index (χ2v) is 4.21.